The summed E-state index contributed by atoms with van der Waals surface area (Å²) in [6.07, 6.45) is 7.38. The lowest BCUT2D eigenvalue weighted by atomic mass is 9.92. The van der Waals surface area contributed by atoms with Crippen molar-refractivity contribution in [2.45, 2.75) is 61.5 Å². The molecule has 2 fully saturated rings. The second-order valence-electron chi connectivity index (χ2n) is 10.1. The molecule has 0 aliphatic heterocycles. The molecular formula is C25H26F2N8O4S. The zero-order chi connectivity index (χ0) is 28.0. The van der Waals surface area contributed by atoms with Gasteiger partial charge in [-0.25, -0.2) is 31.7 Å². The lowest BCUT2D eigenvalue weighted by molar-refractivity contribution is 0.386. The van der Waals surface area contributed by atoms with Gasteiger partial charge in [-0.1, -0.05) is 0 Å². The van der Waals surface area contributed by atoms with Crippen LogP contribution in [0.5, 0.6) is 5.88 Å². The SMILES string of the molecule is O=c1[nH]c(O)c(C=c2cnn3c(=NC4CC4)cc(NC4CCC(NS(=O)(=O)c5ccc(F)cc5F)CC4)nc23)[nH]1. The maximum absolute atomic E-state index is 14.1. The number of imidazole rings is 1. The van der Waals surface area contributed by atoms with E-state index in [2.05, 4.69) is 25.1 Å². The summed E-state index contributed by atoms with van der Waals surface area (Å²) in [6, 6.07) is 4.01. The first-order chi connectivity index (χ1) is 19.1. The summed E-state index contributed by atoms with van der Waals surface area (Å²) in [5, 5.41) is 18.3. The van der Waals surface area contributed by atoms with Crippen molar-refractivity contribution < 1.29 is 22.3 Å². The average Bonchev–Trinajstić information content (AvgIpc) is 3.53. The highest BCUT2D eigenvalue weighted by molar-refractivity contribution is 7.89. The number of aromatic hydroxyl groups is 1. The van der Waals surface area contributed by atoms with E-state index in [0.29, 0.717) is 53.9 Å². The number of anilines is 1. The van der Waals surface area contributed by atoms with Crippen molar-refractivity contribution in [3.05, 3.63) is 69.0 Å². The number of halogens is 2. The summed E-state index contributed by atoms with van der Waals surface area (Å²) in [6.45, 7) is 0. The van der Waals surface area contributed by atoms with Gasteiger partial charge in [0.2, 0.25) is 15.9 Å². The zero-order valence-corrected chi connectivity index (χ0v) is 21.9. The molecule has 15 heteroatoms. The molecule has 0 radical (unpaired) electrons. The molecule has 0 atom stereocenters. The number of rotatable bonds is 7. The minimum Gasteiger partial charge on any atom is -0.493 e. The van der Waals surface area contributed by atoms with Crippen LogP contribution < -0.4 is 26.4 Å². The Labute approximate surface area is 225 Å². The number of sulfonamides is 1. The minimum atomic E-state index is -4.14. The third kappa shape index (κ3) is 5.47. The van der Waals surface area contributed by atoms with E-state index in [4.69, 9.17) is 9.98 Å². The molecule has 3 aromatic heterocycles. The van der Waals surface area contributed by atoms with E-state index in [0.717, 1.165) is 25.0 Å². The van der Waals surface area contributed by atoms with Crippen LogP contribution in [0, 0.1) is 11.6 Å². The van der Waals surface area contributed by atoms with Gasteiger partial charge in [-0.05, 0) is 56.7 Å². The second-order valence-corrected chi connectivity index (χ2v) is 11.8. The lowest BCUT2D eigenvalue weighted by Crippen LogP contribution is -2.40. The fourth-order valence-corrected chi connectivity index (χ4v) is 6.18. The molecule has 0 saturated heterocycles. The Bertz CT molecular complexity index is 1870. The van der Waals surface area contributed by atoms with Crippen LogP contribution in [0.3, 0.4) is 0 Å². The summed E-state index contributed by atoms with van der Waals surface area (Å²) in [5.41, 5.74) is 0.750. The van der Waals surface area contributed by atoms with Crippen LogP contribution in [-0.4, -0.2) is 56.2 Å². The van der Waals surface area contributed by atoms with Gasteiger partial charge in [0, 0.05) is 29.4 Å². The van der Waals surface area contributed by atoms with Gasteiger partial charge in [-0.2, -0.15) is 9.61 Å². The number of nitrogens with one attached hydrogen (secondary N) is 4. The third-order valence-electron chi connectivity index (χ3n) is 6.96. The van der Waals surface area contributed by atoms with E-state index < -0.39 is 38.3 Å². The first-order valence-corrected chi connectivity index (χ1v) is 14.3. The van der Waals surface area contributed by atoms with Crippen molar-refractivity contribution in [1.82, 2.24) is 29.3 Å². The van der Waals surface area contributed by atoms with E-state index in [1.54, 1.807) is 16.8 Å². The molecule has 1 aromatic carbocycles. The standard InChI is InChI=1S/C25H26F2N8O4S/c26-14-1-8-20(18(27)10-14)40(38,39)34-17-6-4-15(5-7-17)29-21-11-22(30-16-2-3-16)35-23(32-21)13(12-28-35)9-19-24(36)33-25(37)31-19/h1,8-12,15-17,29,34,36H,2-7H2,(H2,31,33,37). The highest BCUT2D eigenvalue weighted by Gasteiger charge is 2.28. The summed E-state index contributed by atoms with van der Waals surface area (Å²) < 4.78 is 56.7. The number of aromatic nitrogens is 5. The van der Waals surface area contributed by atoms with E-state index in [1.807, 2.05) is 6.07 Å². The Morgan fingerprint density at radius 3 is 2.50 bits per heavy atom. The van der Waals surface area contributed by atoms with Crippen molar-refractivity contribution in [2.75, 3.05) is 5.32 Å². The van der Waals surface area contributed by atoms with Crippen molar-refractivity contribution in [3.63, 3.8) is 0 Å². The summed E-state index contributed by atoms with van der Waals surface area (Å²) in [7, 11) is -4.14. The van der Waals surface area contributed by atoms with Gasteiger partial charge >= 0.3 is 5.69 Å². The minimum absolute atomic E-state index is 0.00698. The highest BCUT2D eigenvalue weighted by atomic mass is 32.2. The lowest BCUT2D eigenvalue weighted by Gasteiger charge is -2.29. The Hall–Kier alpha value is -4.11. The summed E-state index contributed by atoms with van der Waals surface area (Å²) in [5.74, 6) is -1.71. The number of hydrogen-bond donors (Lipinski definition) is 5. The second kappa shape index (κ2) is 10.1. The van der Waals surface area contributed by atoms with Crippen molar-refractivity contribution >= 4 is 27.6 Å². The Kier molecular flexibility index (Phi) is 6.62. The van der Waals surface area contributed by atoms with E-state index in [9.17, 15) is 27.1 Å². The van der Waals surface area contributed by atoms with Crippen LogP contribution in [0.1, 0.15) is 44.2 Å². The predicted molar refractivity (Wildman–Crippen MR) is 140 cm³/mol. The number of H-pyrrole nitrogens is 2. The summed E-state index contributed by atoms with van der Waals surface area (Å²) >= 11 is 0. The Morgan fingerprint density at radius 2 is 1.82 bits per heavy atom. The Balaban J connectivity index is 1.21. The quantitative estimate of drug-likeness (QED) is 0.220. The molecule has 4 aromatic rings. The molecule has 2 saturated carbocycles. The molecule has 0 amide bonds. The maximum Gasteiger partial charge on any atom is 0.326 e. The van der Waals surface area contributed by atoms with Crippen LogP contribution in [0.25, 0.3) is 11.7 Å². The molecule has 6 rings (SSSR count). The topological polar surface area (TPSA) is 170 Å². The van der Waals surface area contributed by atoms with Gasteiger partial charge < -0.3 is 15.4 Å². The average molecular weight is 573 g/mol. The van der Waals surface area contributed by atoms with Crippen LogP contribution in [0.15, 0.2) is 45.1 Å². The van der Waals surface area contributed by atoms with Crippen LogP contribution >= 0.6 is 0 Å². The Morgan fingerprint density at radius 1 is 1.07 bits per heavy atom. The normalized spacial score (nSPS) is 20.9. The molecular weight excluding hydrogens is 546 g/mol. The molecule has 12 nitrogen and oxygen atoms in total. The fourth-order valence-electron chi connectivity index (χ4n) is 4.81. The molecule has 0 unspecified atom stereocenters. The van der Waals surface area contributed by atoms with Gasteiger partial charge in [0.1, 0.15) is 28.0 Å². The number of aromatic amines is 2. The van der Waals surface area contributed by atoms with E-state index in [-0.39, 0.29) is 23.7 Å². The largest absolute Gasteiger partial charge is 0.493 e. The fraction of sp³-hybridized carbons (Fsp3) is 0.360. The monoisotopic (exact) mass is 572 g/mol. The molecule has 2 aliphatic carbocycles. The van der Waals surface area contributed by atoms with Gasteiger partial charge in [-0.15, -0.1) is 0 Å². The first-order valence-electron chi connectivity index (χ1n) is 12.8. The number of benzene rings is 1. The maximum atomic E-state index is 14.1. The molecule has 5 N–H and O–H groups in total. The van der Waals surface area contributed by atoms with Gasteiger partial charge in [-0.3, -0.25) is 9.98 Å². The molecule has 0 spiro atoms. The molecule has 40 heavy (non-hydrogen) atoms. The number of fused-ring (bicyclic) bond motifs is 1. The summed E-state index contributed by atoms with van der Waals surface area (Å²) in [4.78, 5) is 25.2. The van der Waals surface area contributed by atoms with Crippen LogP contribution in [0.2, 0.25) is 0 Å². The smallest absolute Gasteiger partial charge is 0.326 e. The van der Waals surface area contributed by atoms with Gasteiger partial charge in [0.15, 0.2) is 11.1 Å². The van der Waals surface area contributed by atoms with Crippen molar-refractivity contribution in [3.8, 4) is 5.88 Å². The van der Waals surface area contributed by atoms with Gasteiger partial charge in [0.05, 0.1) is 12.2 Å². The predicted octanol–water partition coefficient (Wildman–Crippen LogP) is 1.04. The number of nitrogens with zero attached hydrogens (tertiary/aromatic N) is 4. The van der Waals surface area contributed by atoms with Crippen LogP contribution in [0.4, 0.5) is 14.6 Å². The van der Waals surface area contributed by atoms with Crippen molar-refractivity contribution in [2.24, 2.45) is 4.99 Å². The van der Waals surface area contributed by atoms with E-state index in [1.165, 1.54) is 0 Å². The van der Waals surface area contributed by atoms with E-state index >= 15 is 0 Å². The zero-order valence-electron chi connectivity index (χ0n) is 21.1. The molecule has 3 heterocycles. The highest BCUT2D eigenvalue weighted by Crippen LogP contribution is 2.25. The number of hydrogen-bond acceptors (Lipinski definition) is 8. The molecule has 0 bridgehead atoms. The molecule has 210 valence electrons. The first kappa shape index (κ1) is 26.1. The third-order valence-corrected chi connectivity index (χ3v) is 8.52. The van der Waals surface area contributed by atoms with Crippen LogP contribution in [-0.2, 0) is 10.0 Å². The van der Waals surface area contributed by atoms with Crippen molar-refractivity contribution in [1.29, 1.82) is 0 Å². The van der Waals surface area contributed by atoms with Gasteiger partial charge in [0.25, 0.3) is 0 Å². The molecule has 2 aliphatic rings.